The standard InChI is InChI=1S/C19H18N2O6/c22-13-9-15(21(10-13)19(24)27-14-4-2-1-3-5-14)18(23)20-12-6-7-16-17(8-12)26-11-25-16/h1-8,13,15,22H,9-11H2,(H,20,23). The van der Waals surface area contributed by atoms with Gasteiger partial charge in [0.25, 0.3) is 0 Å². The van der Waals surface area contributed by atoms with E-state index in [0.29, 0.717) is 22.9 Å². The van der Waals surface area contributed by atoms with Crippen LogP contribution in [-0.4, -0.2) is 47.5 Å². The molecule has 140 valence electrons. The second kappa shape index (κ2) is 7.16. The Bertz CT molecular complexity index is 857. The van der Waals surface area contributed by atoms with Crippen LogP contribution in [0.1, 0.15) is 6.42 Å². The summed E-state index contributed by atoms with van der Waals surface area (Å²) in [5, 5.41) is 12.7. The molecule has 2 aromatic carbocycles. The van der Waals surface area contributed by atoms with Crippen molar-refractivity contribution >= 4 is 17.7 Å². The Morgan fingerprint density at radius 3 is 2.70 bits per heavy atom. The Morgan fingerprint density at radius 1 is 1.11 bits per heavy atom. The number of β-amino-alcohol motifs (C(OH)–C–C–N with tert-alkyl or cyclic N) is 1. The van der Waals surface area contributed by atoms with E-state index in [2.05, 4.69) is 5.32 Å². The van der Waals surface area contributed by atoms with Gasteiger partial charge in [0.15, 0.2) is 11.5 Å². The number of hydrogen-bond donors (Lipinski definition) is 2. The summed E-state index contributed by atoms with van der Waals surface area (Å²) < 4.78 is 15.8. The SMILES string of the molecule is O=C(Nc1ccc2c(c1)OCO2)C1CC(O)CN1C(=O)Oc1ccccc1. The molecule has 0 spiro atoms. The molecule has 1 fully saturated rings. The number of carbonyl (C=O) groups is 2. The third-order valence-corrected chi connectivity index (χ3v) is 4.40. The lowest BCUT2D eigenvalue weighted by atomic mass is 10.2. The van der Waals surface area contributed by atoms with Gasteiger partial charge in [-0.2, -0.15) is 0 Å². The largest absolute Gasteiger partial charge is 0.454 e. The van der Waals surface area contributed by atoms with Gasteiger partial charge in [-0.25, -0.2) is 4.79 Å². The number of anilines is 1. The van der Waals surface area contributed by atoms with Gasteiger partial charge in [0.05, 0.1) is 12.6 Å². The van der Waals surface area contributed by atoms with E-state index in [4.69, 9.17) is 14.2 Å². The van der Waals surface area contributed by atoms with Crippen molar-refractivity contribution in [1.82, 2.24) is 4.90 Å². The third-order valence-electron chi connectivity index (χ3n) is 4.40. The van der Waals surface area contributed by atoms with E-state index in [1.165, 1.54) is 4.90 Å². The number of rotatable bonds is 3. The molecule has 2 heterocycles. The number of ether oxygens (including phenoxy) is 3. The number of hydrogen-bond acceptors (Lipinski definition) is 6. The molecule has 8 heteroatoms. The first-order valence-electron chi connectivity index (χ1n) is 8.52. The van der Waals surface area contributed by atoms with Crippen LogP contribution in [0, 0.1) is 0 Å². The summed E-state index contributed by atoms with van der Waals surface area (Å²) in [6.07, 6.45) is -1.33. The minimum Gasteiger partial charge on any atom is -0.454 e. The zero-order valence-electron chi connectivity index (χ0n) is 14.3. The molecule has 2 amide bonds. The number of likely N-dealkylation sites (tertiary alicyclic amines) is 1. The van der Waals surface area contributed by atoms with Crippen molar-refractivity contribution in [2.75, 3.05) is 18.7 Å². The van der Waals surface area contributed by atoms with Crippen LogP contribution in [0.15, 0.2) is 48.5 Å². The zero-order valence-corrected chi connectivity index (χ0v) is 14.3. The number of aliphatic hydroxyl groups is 1. The van der Waals surface area contributed by atoms with Gasteiger partial charge in [0.1, 0.15) is 11.8 Å². The number of carbonyl (C=O) groups excluding carboxylic acids is 2. The van der Waals surface area contributed by atoms with Crippen LogP contribution in [0.3, 0.4) is 0 Å². The third kappa shape index (κ3) is 3.65. The van der Waals surface area contributed by atoms with Crippen LogP contribution in [0.4, 0.5) is 10.5 Å². The highest BCUT2D eigenvalue weighted by atomic mass is 16.7. The van der Waals surface area contributed by atoms with Gasteiger partial charge in [-0.15, -0.1) is 0 Å². The molecular formula is C19H18N2O6. The molecule has 27 heavy (non-hydrogen) atoms. The summed E-state index contributed by atoms with van der Waals surface area (Å²) in [5.41, 5.74) is 0.516. The Kier molecular flexibility index (Phi) is 4.55. The van der Waals surface area contributed by atoms with Crippen LogP contribution in [0.2, 0.25) is 0 Å². The van der Waals surface area contributed by atoms with Gasteiger partial charge >= 0.3 is 6.09 Å². The maximum Gasteiger partial charge on any atom is 0.416 e. The molecule has 0 radical (unpaired) electrons. The van der Waals surface area contributed by atoms with Gasteiger partial charge in [0.2, 0.25) is 12.7 Å². The lowest BCUT2D eigenvalue weighted by Gasteiger charge is -2.23. The topological polar surface area (TPSA) is 97.3 Å². The van der Waals surface area contributed by atoms with Crippen molar-refractivity contribution in [3.63, 3.8) is 0 Å². The first-order valence-corrected chi connectivity index (χ1v) is 8.52. The highest BCUT2D eigenvalue weighted by Gasteiger charge is 2.40. The second-order valence-corrected chi connectivity index (χ2v) is 6.30. The summed E-state index contributed by atoms with van der Waals surface area (Å²) in [5.74, 6) is 1.12. The van der Waals surface area contributed by atoms with Crippen LogP contribution in [-0.2, 0) is 4.79 Å². The van der Waals surface area contributed by atoms with E-state index in [0.717, 1.165) is 0 Å². The van der Waals surface area contributed by atoms with Crippen molar-refractivity contribution < 1.29 is 28.9 Å². The maximum absolute atomic E-state index is 12.7. The van der Waals surface area contributed by atoms with E-state index >= 15 is 0 Å². The van der Waals surface area contributed by atoms with Crippen LogP contribution in [0.5, 0.6) is 17.2 Å². The average molecular weight is 370 g/mol. The zero-order chi connectivity index (χ0) is 18.8. The van der Waals surface area contributed by atoms with Crippen LogP contribution in [0.25, 0.3) is 0 Å². The summed E-state index contributed by atoms with van der Waals surface area (Å²) in [6, 6.07) is 12.8. The maximum atomic E-state index is 12.7. The van der Waals surface area contributed by atoms with E-state index in [-0.39, 0.29) is 19.8 Å². The number of nitrogens with zero attached hydrogens (tertiary/aromatic N) is 1. The summed E-state index contributed by atoms with van der Waals surface area (Å²) >= 11 is 0. The Hall–Kier alpha value is -3.26. The lowest BCUT2D eigenvalue weighted by molar-refractivity contribution is -0.119. The quantitative estimate of drug-likeness (QED) is 0.858. The number of benzene rings is 2. The predicted molar refractivity (Wildman–Crippen MR) is 94.8 cm³/mol. The van der Waals surface area contributed by atoms with Crippen molar-refractivity contribution in [2.24, 2.45) is 0 Å². The average Bonchev–Trinajstić information content (AvgIpc) is 3.28. The van der Waals surface area contributed by atoms with Crippen molar-refractivity contribution in [3.8, 4) is 17.2 Å². The predicted octanol–water partition coefficient (Wildman–Crippen LogP) is 1.99. The summed E-state index contributed by atoms with van der Waals surface area (Å²) in [7, 11) is 0. The van der Waals surface area contributed by atoms with Crippen LogP contribution < -0.4 is 19.5 Å². The second-order valence-electron chi connectivity index (χ2n) is 6.30. The van der Waals surface area contributed by atoms with Crippen molar-refractivity contribution in [3.05, 3.63) is 48.5 Å². The molecule has 0 bridgehead atoms. The molecule has 2 N–H and O–H groups in total. The van der Waals surface area contributed by atoms with E-state index < -0.39 is 24.1 Å². The van der Waals surface area contributed by atoms with Gasteiger partial charge < -0.3 is 24.6 Å². The minimum absolute atomic E-state index is 0.0326. The smallest absolute Gasteiger partial charge is 0.416 e. The van der Waals surface area contributed by atoms with Crippen molar-refractivity contribution in [1.29, 1.82) is 0 Å². The molecule has 2 atom stereocenters. The Labute approximate surface area is 155 Å². The summed E-state index contributed by atoms with van der Waals surface area (Å²) in [6.45, 7) is 0.172. The normalized spacial score (nSPS) is 20.4. The fraction of sp³-hybridized carbons (Fsp3) is 0.263. The number of para-hydroxylation sites is 1. The number of aliphatic hydroxyl groups excluding tert-OH is 1. The molecule has 1 saturated heterocycles. The molecular weight excluding hydrogens is 352 g/mol. The highest BCUT2D eigenvalue weighted by Crippen LogP contribution is 2.34. The first kappa shape index (κ1) is 17.2. The first-order chi connectivity index (χ1) is 13.1. The van der Waals surface area contributed by atoms with E-state index in [9.17, 15) is 14.7 Å². The molecule has 2 aromatic rings. The van der Waals surface area contributed by atoms with Crippen LogP contribution >= 0.6 is 0 Å². The number of fused-ring (bicyclic) bond motifs is 1. The van der Waals surface area contributed by atoms with Gasteiger partial charge in [-0.1, -0.05) is 18.2 Å². The molecule has 4 rings (SSSR count). The molecule has 2 aliphatic heterocycles. The molecule has 0 aliphatic carbocycles. The molecule has 0 aromatic heterocycles. The fourth-order valence-corrected chi connectivity index (χ4v) is 3.11. The fourth-order valence-electron chi connectivity index (χ4n) is 3.11. The van der Waals surface area contributed by atoms with Gasteiger partial charge in [0, 0.05) is 18.2 Å². The number of nitrogens with one attached hydrogen (secondary N) is 1. The molecule has 0 saturated carbocycles. The monoisotopic (exact) mass is 370 g/mol. The highest BCUT2D eigenvalue weighted by molar-refractivity contribution is 5.97. The molecule has 2 aliphatic rings. The number of amides is 2. The minimum atomic E-state index is -0.832. The molecule has 2 unspecified atom stereocenters. The van der Waals surface area contributed by atoms with Gasteiger partial charge in [-0.3, -0.25) is 9.69 Å². The lowest BCUT2D eigenvalue weighted by Crippen LogP contribution is -2.44. The van der Waals surface area contributed by atoms with E-state index in [1.807, 2.05) is 0 Å². The van der Waals surface area contributed by atoms with Crippen molar-refractivity contribution in [2.45, 2.75) is 18.6 Å². The Morgan fingerprint density at radius 2 is 1.89 bits per heavy atom. The Balaban J connectivity index is 1.45. The summed E-state index contributed by atoms with van der Waals surface area (Å²) in [4.78, 5) is 26.4. The van der Waals surface area contributed by atoms with Gasteiger partial charge in [-0.05, 0) is 24.3 Å². The molecule has 8 nitrogen and oxygen atoms in total. The van der Waals surface area contributed by atoms with E-state index in [1.54, 1.807) is 48.5 Å².